The van der Waals surface area contributed by atoms with Crippen LogP contribution in [0, 0.1) is 13.8 Å². The van der Waals surface area contributed by atoms with Crippen LogP contribution in [0.15, 0.2) is 24.3 Å². The van der Waals surface area contributed by atoms with E-state index in [0.29, 0.717) is 5.02 Å². The molecule has 1 N–H and O–H groups in total. The van der Waals surface area contributed by atoms with E-state index in [4.69, 9.17) is 11.6 Å². The molecule has 3 nitrogen and oxygen atoms in total. The lowest BCUT2D eigenvalue weighted by Crippen LogP contribution is -2.35. The zero-order valence-electron chi connectivity index (χ0n) is 13.3. The Morgan fingerprint density at radius 2 is 1.71 bits per heavy atom. The van der Waals surface area contributed by atoms with Gasteiger partial charge in [-0.1, -0.05) is 23.7 Å². The minimum atomic E-state index is 0.0739. The van der Waals surface area contributed by atoms with Gasteiger partial charge < -0.3 is 5.32 Å². The van der Waals surface area contributed by atoms with E-state index < -0.39 is 0 Å². The maximum Gasteiger partial charge on any atom is 0.159 e. The number of hydrogen-bond acceptors (Lipinski definition) is 3. The molecular formula is C17H22ClN3. The van der Waals surface area contributed by atoms with E-state index in [9.17, 15) is 0 Å². The highest BCUT2D eigenvalue weighted by Gasteiger charge is 2.14. The molecular weight excluding hydrogens is 282 g/mol. The van der Waals surface area contributed by atoms with Gasteiger partial charge in [0.25, 0.3) is 0 Å². The Balaban J connectivity index is 2.33. The summed E-state index contributed by atoms with van der Waals surface area (Å²) in [6.45, 7) is 11.3. The first kappa shape index (κ1) is 15.9. The number of aromatic nitrogens is 2. The summed E-state index contributed by atoms with van der Waals surface area (Å²) in [6.07, 6.45) is 0. The van der Waals surface area contributed by atoms with Crippen LogP contribution in [0.5, 0.6) is 0 Å². The van der Waals surface area contributed by atoms with Crippen LogP contribution >= 0.6 is 11.6 Å². The fourth-order valence-electron chi connectivity index (χ4n) is 2.11. The van der Waals surface area contributed by atoms with E-state index in [1.165, 1.54) is 0 Å². The summed E-state index contributed by atoms with van der Waals surface area (Å²) in [5.41, 5.74) is 4.20. The van der Waals surface area contributed by atoms with E-state index >= 15 is 0 Å². The summed E-state index contributed by atoms with van der Waals surface area (Å²) in [7, 11) is 0. The van der Waals surface area contributed by atoms with Gasteiger partial charge in [-0.3, -0.25) is 0 Å². The van der Waals surface area contributed by atoms with E-state index in [-0.39, 0.29) is 5.54 Å². The van der Waals surface area contributed by atoms with Crippen molar-refractivity contribution < 1.29 is 0 Å². The second kappa shape index (κ2) is 6.12. The van der Waals surface area contributed by atoms with Gasteiger partial charge in [0, 0.05) is 39.6 Å². The Labute approximate surface area is 131 Å². The predicted molar refractivity (Wildman–Crippen MR) is 88.5 cm³/mol. The zero-order chi connectivity index (χ0) is 15.6. The number of rotatable bonds is 3. The molecule has 0 radical (unpaired) electrons. The lowest BCUT2D eigenvalue weighted by atomic mass is 10.1. The molecule has 0 aliphatic rings. The van der Waals surface area contributed by atoms with Crippen molar-refractivity contribution in [2.24, 2.45) is 0 Å². The Hall–Kier alpha value is -1.45. The average molecular weight is 304 g/mol. The average Bonchev–Trinajstić information content (AvgIpc) is 2.36. The lowest BCUT2D eigenvalue weighted by molar-refractivity contribution is 0.422. The predicted octanol–water partition coefficient (Wildman–Crippen LogP) is 4.30. The van der Waals surface area contributed by atoms with E-state index in [1.54, 1.807) is 0 Å². The Kier molecular flexibility index (Phi) is 4.64. The second-order valence-electron chi connectivity index (χ2n) is 6.31. The Bertz CT molecular complexity index is 622. The van der Waals surface area contributed by atoms with Crippen LogP contribution in [0.3, 0.4) is 0 Å². The largest absolute Gasteiger partial charge is 0.308 e. The third-order valence-electron chi connectivity index (χ3n) is 3.30. The number of hydrogen-bond donors (Lipinski definition) is 1. The number of aryl methyl sites for hydroxylation is 2. The summed E-state index contributed by atoms with van der Waals surface area (Å²) < 4.78 is 0. The minimum Gasteiger partial charge on any atom is -0.308 e. The molecule has 21 heavy (non-hydrogen) atoms. The number of nitrogens with zero attached hydrogens (tertiary/aromatic N) is 2. The van der Waals surface area contributed by atoms with Crippen LogP contribution in [0.2, 0.25) is 5.02 Å². The standard InChI is InChI=1S/C17H22ClN3/c1-11-15(10-19-17(3,4)5)12(2)21-16(20-11)13-7-6-8-14(18)9-13/h6-9,19H,10H2,1-5H3. The van der Waals surface area contributed by atoms with Crippen molar-refractivity contribution in [1.29, 1.82) is 0 Å². The third-order valence-corrected chi connectivity index (χ3v) is 3.53. The van der Waals surface area contributed by atoms with Crippen molar-refractivity contribution in [1.82, 2.24) is 15.3 Å². The molecule has 1 aromatic carbocycles. The highest BCUT2D eigenvalue weighted by molar-refractivity contribution is 6.30. The van der Waals surface area contributed by atoms with Crippen LogP contribution in [-0.4, -0.2) is 15.5 Å². The Morgan fingerprint density at radius 1 is 1.10 bits per heavy atom. The summed E-state index contributed by atoms with van der Waals surface area (Å²) in [5.74, 6) is 0.729. The monoisotopic (exact) mass is 303 g/mol. The lowest BCUT2D eigenvalue weighted by Gasteiger charge is -2.22. The van der Waals surface area contributed by atoms with Crippen LogP contribution in [0.1, 0.15) is 37.7 Å². The SMILES string of the molecule is Cc1nc(-c2cccc(Cl)c2)nc(C)c1CNC(C)(C)C. The molecule has 0 fully saturated rings. The van der Waals surface area contributed by atoms with Crippen molar-refractivity contribution in [2.45, 2.75) is 46.7 Å². The summed E-state index contributed by atoms with van der Waals surface area (Å²) in [6, 6.07) is 7.64. The van der Waals surface area contributed by atoms with Crippen LogP contribution in [0.25, 0.3) is 11.4 Å². The molecule has 0 bridgehead atoms. The molecule has 112 valence electrons. The maximum atomic E-state index is 6.04. The Morgan fingerprint density at radius 3 is 2.24 bits per heavy atom. The third kappa shape index (κ3) is 4.26. The first-order valence-corrected chi connectivity index (χ1v) is 7.49. The smallest absolute Gasteiger partial charge is 0.159 e. The summed E-state index contributed by atoms with van der Waals surface area (Å²) >= 11 is 6.04. The first-order valence-electron chi connectivity index (χ1n) is 7.11. The number of halogens is 1. The topological polar surface area (TPSA) is 37.8 Å². The maximum absolute atomic E-state index is 6.04. The molecule has 0 spiro atoms. The molecule has 0 saturated heterocycles. The molecule has 0 amide bonds. The summed E-state index contributed by atoms with van der Waals surface area (Å²) in [4.78, 5) is 9.27. The van der Waals surface area contributed by atoms with Crippen molar-refractivity contribution in [3.8, 4) is 11.4 Å². The zero-order valence-corrected chi connectivity index (χ0v) is 14.0. The highest BCUT2D eigenvalue weighted by Crippen LogP contribution is 2.22. The molecule has 0 aliphatic carbocycles. The normalized spacial score (nSPS) is 11.7. The van der Waals surface area contributed by atoms with Gasteiger partial charge in [-0.05, 0) is 46.8 Å². The van der Waals surface area contributed by atoms with Gasteiger partial charge in [0.1, 0.15) is 0 Å². The highest BCUT2D eigenvalue weighted by atomic mass is 35.5. The van der Waals surface area contributed by atoms with Gasteiger partial charge in [0.15, 0.2) is 5.82 Å². The van der Waals surface area contributed by atoms with Gasteiger partial charge >= 0.3 is 0 Å². The fraction of sp³-hybridized carbons (Fsp3) is 0.412. The van der Waals surface area contributed by atoms with Gasteiger partial charge in [-0.25, -0.2) is 9.97 Å². The minimum absolute atomic E-state index is 0.0739. The number of nitrogens with one attached hydrogen (secondary N) is 1. The number of benzene rings is 1. The molecule has 2 aromatic rings. The van der Waals surface area contributed by atoms with Gasteiger partial charge in [-0.15, -0.1) is 0 Å². The first-order chi connectivity index (χ1) is 9.76. The van der Waals surface area contributed by atoms with Crippen molar-refractivity contribution in [3.63, 3.8) is 0 Å². The quantitative estimate of drug-likeness (QED) is 0.918. The van der Waals surface area contributed by atoms with Crippen LogP contribution < -0.4 is 5.32 Å². The molecule has 0 aliphatic heterocycles. The molecule has 2 rings (SSSR count). The summed E-state index contributed by atoms with van der Waals surface area (Å²) in [5, 5.41) is 4.19. The molecule has 1 aromatic heterocycles. The van der Waals surface area contributed by atoms with Crippen molar-refractivity contribution in [2.75, 3.05) is 0 Å². The van der Waals surface area contributed by atoms with Gasteiger partial charge in [0.2, 0.25) is 0 Å². The van der Waals surface area contributed by atoms with E-state index in [2.05, 4.69) is 36.1 Å². The van der Waals surface area contributed by atoms with Gasteiger partial charge in [-0.2, -0.15) is 0 Å². The van der Waals surface area contributed by atoms with Crippen LogP contribution in [-0.2, 0) is 6.54 Å². The van der Waals surface area contributed by atoms with Crippen LogP contribution in [0.4, 0.5) is 0 Å². The van der Waals surface area contributed by atoms with Crippen molar-refractivity contribution >= 4 is 11.6 Å². The second-order valence-corrected chi connectivity index (χ2v) is 6.75. The fourth-order valence-corrected chi connectivity index (χ4v) is 2.30. The molecule has 0 atom stereocenters. The van der Waals surface area contributed by atoms with Gasteiger partial charge in [0.05, 0.1) is 0 Å². The molecule has 0 unspecified atom stereocenters. The van der Waals surface area contributed by atoms with E-state index in [0.717, 1.165) is 34.9 Å². The van der Waals surface area contributed by atoms with E-state index in [1.807, 2.05) is 38.1 Å². The molecule has 1 heterocycles. The molecule has 0 saturated carbocycles. The molecule has 4 heteroatoms. The van der Waals surface area contributed by atoms with Crippen molar-refractivity contribution in [3.05, 3.63) is 46.2 Å².